The first-order chi connectivity index (χ1) is 15.9. The molecule has 1 fully saturated rings. The van der Waals surface area contributed by atoms with Crippen LogP contribution in [0.25, 0.3) is 0 Å². The van der Waals surface area contributed by atoms with Crippen LogP contribution in [0, 0.1) is 5.41 Å². The lowest BCUT2D eigenvalue weighted by Gasteiger charge is -2.47. The summed E-state index contributed by atoms with van der Waals surface area (Å²) >= 11 is 14.0. The van der Waals surface area contributed by atoms with Crippen LogP contribution in [-0.4, -0.2) is 28.8 Å². The zero-order valence-corrected chi connectivity index (χ0v) is 20.1. The molecule has 2 aromatic rings. The van der Waals surface area contributed by atoms with Crippen molar-refractivity contribution < 1.29 is 14.4 Å². The van der Waals surface area contributed by atoms with Crippen LogP contribution in [0.1, 0.15) is 43.0 Å². The van der Waals surface area contributed by atoms with Crippen LogP contribution < -0.4 is 16.0 Å². The number of urea groups is 1. The van der Waals surface area contributed by atoms with Crippen LogP contribution in [0.3, 0.4) is 0 Å². The van der Waals surface area contributed by atoms with Gasteiger partial charge in [-0.15, -0.1) is 0 Å². The maximum atomic E-state index is 13.5. The van der Waals surface area contributed by atoms with E-state index in [-0.39, 0.29) is 0 Å². The summed E-state index contributed by atoms with van der Waals surface area (Å²) in [5.41, 5.74) is -0.583. The zero-order valence-electron chi connectivity index (χ0n) is 17.7. The van der Waals surface area contributed by atoms with Gasteiger partial charge in [-0.05, 0) is 41.8 Å². The number of nitrogens with one attached hydrogen (secondary N) is 3. The second-order valence-corrected chi connectivity index (χ2v) is 9.79. The summed E-state index contributed by atoms with van der Waals surface area (Å²) in [6.45, 7) is 2.10. The largest absolute Gasteiger partial charge is 0.356 e. The summed E-state index contributed by atoms with van der Waals surface area (Å²) in [6, 6.07) is 11.2. The third-order valence-corrected chi connectivity index (χ3v) is 7.15. The average molecular weight is 505 g/mol. The number of carbonyl (C=O) groups excluding carboxylic acids is 3. The second kappa shape index (κ2) is 9.75. The maximum Gasteiger partial charge on any atom is 0.328 e. The molecule has 2 aliphatic rings. The molecule has 172 valence electrons. The predicted octanol–water partition coefficient (Wildman–Crippen LogP) is 4.62. The number of imide groups is 2. The van der Waals surface area contributed by atoms with E-state index in [1.165, 1.54) is 11.8 Å². The van der Waals surface area contributed by atoms with Gasteiger partial charge in [-0.3, -0.25) is 25.2 Å². The molecule has 2 aliphatic heterocycles. The fraction of sp³-hybridized carbons (Fsp3) is 0.304. The van der Waals surface area contributed by atoms with Crippen molar-refractivity contribution in [3.05, 3.63) is 69.7 Å². The van der Waals surface area contributed by atoms with E-state index in [4.69, 9.17) is 28.2 Å². The minimum absolute atomic E-state index is 0.448. The number of rotatable bonds is 5. The number of thioether (sulfide) groups is 1. The molecule has 4 rings (SSSR count). The first-order valence-corrected chi connectivity index (χ1v) is 12.2. The summed E-state index contributed by atoms with van der Waals surface area (Å²) in [6.07, 6.45) is 2.00. The Labute approximate surface area is 205 Å². The molecular weight excluding hydrogens is 483 g/mol. The highest BCUT2D eigenvalue weighted by molar-refractivity contribution is 8.13. The highest BCUT2D eigenvalue weighted by Crippen LogP contribution is 2.51. The number of carbonyl (C=O) groups is 3. The lowest BCUT2D eigenvalue weighted by atomic mass is 9.66. The quantitative estimate of drug-likeness (QED) is 0.407. The molecule has 2 atom stereocenters. The number of amidine groups is 1. The van der Waals surface area contributed by atoms with Crippen LogP contribution in [0.4, 0.5) is 4.79 Å². The molecule has 10 heteroatoms. The molecule has 0 aliphatic carbocycles. The third-order valence-electron chi connectivity index (χ3n) is 5.69. The molecule has 2 aromatic carbocycles. The van der Waals surface area contributed by atoms with E-state index in [0.717, 1.165) is 18.6 Å². The van der Waals surface area contributed by atoms with Crippen molar-refractivity contribution in [2.24, 2.45) is 10.4 Å². The van der Waals surface area contributed by atoms with Gasteiger partial charge in [0.25, 0.3) is 0 Å². The van der Waals surface area contributed by atoms with Gasteiger partial charge in [0, 0.05) is 15.8 Å². The first-order valence-electron chi connectivity index (χ1n) is 10.5. The Bertz CT molecular complexity index is 1120. The average Bonchev–Trinajstić information content (AvgIpc) is 2.77. The van der Waals surface area contributed by atoms with Gasteiger partial charge in [-0.2, -0.15) is 0 Å². The molecule has 7 nitrogen and oxygen atoms in total. The predicted molar refractivity (Wildman–Crippen MR) is 130 cm³/mol. The highest BCUT2D eigenvalue weighted by atomic mass is 35.5. The van der Waals surface area contributed by atoms with Gasteiger partial charge in [-0.1, -0.05) is 72.6 Å². The van der Waals surface area contributed by atoms with Gasteiger partial charge in [0.05, 0.1) is 6.04 Å². The molecule has 0 bridgehead atoms. The third kappa shape index (κ3) is 4.47. The van der Waals surface area contributed by atoms with Crippen LogP contribution in [-0.2, 0) is 9.59 Å². The number of barbiturate groups is 1. The van der Waals surface area contributed by atoms with Gasteiger partial charge >= 0.3 is 6.03 Å². The first kappa shape index (κ1) is 23.6. The molecule has 0 saturated carbocycles. The summed E-state index contributed by atoms with van der Waals surface area (Å²) in [5.74, 6) is -0.656. The second-order valence-electron chi connectivity index (χ2n) is 7.83. The van der Waals surface area contributed by atoms with E-state index < -0.39 is 35.3 Å². The monoisotopic (exact) mass is 504 g/mol. The normalized spacial score (nSPS) is 21.8. The smallest absolute Gasteiger partial charge is 0.328 e. The maximum absolute atomic E-state index is 13.5. The van der Waals surface area contributed by atoms with E-state index in [0.29, 0.717) is 26.3 Å². The standard InChI is InChI=1S/C23H22Cl2N4O3S/c1-2-3-10-33-22-26-17(13-6-4-8-15(24)11-13)23(19(30)28-21(32)29-20(23)31)18(27-22)14-7-5-9-16(25)12-14/h4-9,11-12,17-18H,2-3,10H2,1H3,(H,26,27)(H2,28,29,30,31,32)/t17-,18+. The number of benzene rings is 2. The van der Waals surface area contributed by atoms with Crippen molar-refractivity contribution in [3.8, 4) is 0 Å². The zero-order chi connectivity index (χ0) is 23.6. The molecule has 33 heavy (non-hydrogen) atoms. The van der Waals surface area contributed by atoms with E-state index in [2.05, 4.69) is 22.9 Å². The Morgan fingerprint density at radius 1 is 0.970 bits per heavy atom. The summed E-state index contributed by atoms with van der Waals surface area (Å²) < 4.78 is 0. The lowest BCUT2D eigenvalue weighted by Crippen LogP contribution is -2.69. The van der Waals surface area contributed by atoms with Crippen molar-refractivity contribution in [2.75, 3.05) is 5.75 Å². The molecule has 1 saturated heterocycles. The minimum Gasteiger partial charge on any atom is -0.356 e. The van der Waals surface area contributed by atoms with E-state index >= 15 is 0 Å². The van der Waals surface area contributed by atoms with Crippen LogP contribution in [0.15, 0.2) is 53.5 Å². The summed E-state index contributed by atoms with van der Waals surface area (Å²) in [5, 5.41) is 9.35. The number of amides is 4. The van der Waals surface area contributed by atoms with Gasteiger partial charge in [-0.25, -0.2) is 4.79 Å². The molecule has 0 radical (unpaired) electrons. The summed E-state index contributed by atoms with van der Waals surface area (Å²) in [4.78, 5) is 43.8. The van der Waals surface area contributed by atoms with Gasteiger partial charge in [0.15, 0.2) is 10.6 Å². The van der Waals surface area contributed by atoms with E-state index in [9.17, 15) is 14.4 Å². The molecule has 1 spiro atoms. The lowest BCUT2D eigenvalue weighted by molar-refractivity contribution is -0.149. The van der Waals surface area contributed by atoms with Crippen LogP contribution >= 0.6 is 35.0 Å². The van der Waals surface area contributed by atoms with Gasteiger partial charge in [0.2, 0.25) is 11.8 Å². The number of hydrogen-bond acceptors (Lipinski definition) is 6. The fourth-order valence-corrected chi connectivity index (χ4v) is 5.55. The molecule has 2 heterocycles. The van der Waals surface area contributed by atoms with E-state index in [1.54, 1.807) is 48.5 Å². The van der Waals surface area contributed by atoms with Crippen molar-refractivity contribution in [3.63, 3.8) is 0 Å². The van der Waals surface area contributed by atoms with Crippen molar-refractivity contribution in [1.29, 1.82) is 0 Å². The molecule has 0 aromatic heterocycles. The highest BCUT2D eigenvalue weighted by Gasteiger charge is 2.63. The molecule has 3 N–H and O–H groups in total. The van der Waals surface area contributed by atoms with Gasteiger partial charge in [0.1, 0.15) is 6.04 Å². The fourth-order valence-electron chi connectivity index (χ4n) is 4.15. The Kier molecular flexibility index (Phi) is 6.97. The van der Waals surface area contributed by atoms with Crippen molar-refractivity contribution in [1.82, 2.24) is 16.0 Å². The molecule has 0 unspecified atom stereocenters. The Morgan fingerprint density at radius 3 is 2.18 bits per heavy atom. The van der Waals surface area contributed by atoms with Crippen LogP contribution in [0.5, 0.6) is 0 Å². The Balaban J connectivity index is 1.94. The number of unbranched alkanes of at least 4 members (excludes halogenated alkanes) is 1. The number of halogens is 2. The number of hydrogen-bond donors (Lipinski definition) is 3. The topological polar surface area (TPSA) is 99.7 Å². The SMILES string of the molecule is CCCCSC1=N[C@H](c2cccc(Cl)c2)C2(C(=O)NC(=O)NC2=O)[C@H](c2cccc(Cl)c2)N1. The number of nitrogens with zero attached hydrogens (tertiary/aromatic N) is 1. The van der Waals surface area contributed by atoms with Crippen LogP contribution in [0.2, 0.25) is 10.0 Å². The van der Waals surface area contributed by atoms with Crippen molar-refractivity contribution in [2.45, 2.75) is 31.8 Å². The van der Waals surface area contributed by atoms with Gasteiger partial charge < -0.3 is 5.32 Å². The van der Waals surface area contributed by atoms with Crippen molar-refractivity contribution >= 4 is 58.0 Å². The molecule has 4 amide bonds. The number of aliphatic imine (C=N–C) groups is 1. The Morgan fingerprint density at radius 2 is 1.58 bits per heavy atom. The summed E-state index contributed by atoms with van der Waals surface area (Å²) in [7, 11) is 0. The molecular formula is C23H22Cl2N4O3S. The van der Waals surface area contributed by atoms with E-state index in [1.807, 2.05) is 0 Å². The minimum atomic E-state index is -1.79. The Hall–Kier alpha value is -2.55.